The third kappa shape index (κ3) is 3.35. The van der Waals surface area contributed by atoms with Gasteiger partial charge in [-0.3, -0.25) is 4.79 Å². The fourth-order valence-corrected chi connectivity index (χ4v) is 2.64. The third-order valence-corrected chi connectivity index (χ3v) is 3.66. The van der Waals surface area contributed by atoms with Gasteiger partial charge in [0.15, 0.2) is 0 Å². The van der Waals surface area contributed by atoms with Gasteiger partial charge in [-0.25, -0.2) is 0 Å². The molecule has 1 aliphatic rings. The van der Waals surface area contributed by atoms with Gasteiger partial charge in [-0.05, 0) is 42.5 Å². The second kappa shape index (κ2) is 6.20. The molecule has 2 rings (SSSR count). The molecule has 0 saturated carbocycles. The predicted octanol–water partition coefficient (Wildman–Crippen LogP) is 3.27. The highest BCUT2D eigenvalue weighted by molar-refractivity contribution is 5.93. The van der Waals surface area contributed by atoms with Crippen LogP contribution in [0.25, 0.3) is 0 Å². The van der Waals surface area contributed by atoms with Crippen molar-refractivity contribution in [2.24, 2.45) is 5.92 Å². The Bertz CT molecular complexity index is 454. The molecule has 3 heteroatoms. The summed E-state index contributed by atoms with van der Waals surface area (Å²) in [5.41, 5.74) is 3.58. The van der Waals surface area contributed by atoms with E-state index in [9.17, 15) is 4.79 Å². The fourth-order valence-electron chi connectivity index (χ4n) is 2.64. The maximum absolute atomic E-state index is 11.4. The topological polar surface area (TPSA) is 41.1 Å². The Morgan fingerprint density at radius 3 is 2.79 bits per heavy atom. The lowest BCUT2D eigenvalue weighted by Crippen LogP contribution is -2.27. The summed E-state index contributed by atoms with van der Waals surface area (Å²) >= 11 is 0. The molecule has 3 nitrogen and oxygen atoms in total. The van der Waals surface area contributed by atoms with Crippen LogP contribution < -0.4 is 10.6 Å². The van der Waals surface area contributed by atoms with Gasteiger partial charge in [0.25, 0.3) is 0 Å². The normalized spacial score (nSPS) is 16.1. The molecule has 0 bridgehead atoms. The number of carbonyl (C=O) groups excluding carboxylic acids is 1. The quantitative estimate of drug-likeness (QED) is 0.853. The van der Waals surface area contributed by atoms with Crippen molar-refractivity contribution in [2.75, 3.05) is 11.9 Å². The maximum atomic E-state index is 11.4. The molecule has 0 aliphatic carbocycles. The Morgan fingerprint density at radius 1 is 1.32 bits per heavy atom. The first kappa shape index (κ1) is 14.1. The maximum Gasteiger partial charge on any atom is 0.224 e. The van der Waals surface area contributed by atoms with Gasteiger partial charge >= 0.3 is 0 Å². The Kier molecular flexibility index (Phi) is 4.59. The average molecular weight is 260 g/mol. The molecule has 0 aromatic heterocycles. The molecule has 1 amide bonds. The Hall–Kier alpha value is -1.35. The van der Waals surface area contributed by atoms with E-state index in [0.29, 0.717) is 18.4 Å². The summed E-state index contributed by atoms with van der Waals surface area (Å²) in [6.45, 7) is 7.71. The molecule has 104 valence electrons. The van der Waals surface area contributed by atoms with E-state index in [1.54, 1.807) is 0 Å². The van der Waals surface area contributed by atoms with Gasteiger partial charge in [0.05, 0.1) is 0 Å². The zero-order valence-electron chi connectivity index (χ0n) is 12.1. The van der Waals surface area contributed by atoms with Crippen LogP contribution in [-0.2, 0) is 11.2 Å². The molecule has 19 heavy (non-hydrogen) atoms. The van der Waals surface area contributed by atoms with E-state index >= 15 is 0 Å². The highest BCUT2D eigenvalue weighted by atomic mass is 16.1. The monoisotopic (exact) mass is 260 g/mol. The van der Waals surface area contributed by atoms with Crippen molar-refractivity contribution in [3.05, 3.63) is 29.3 Å². The Labute approximate surface area is 115 Å². The molecule has 1 aromatic rings. The zero-order valence-corrected chi connectivity index (χ0v) is 12.1. The van der Waals surface area contributed by atoms with Crippen molar-refractivity contribution >= 4 is 11.6 Å². The first-order chi connectivity index (χ1) is 9.11. The molecular weight excluding hydrogens is 236 g/mol. The van der Waals surface area contributed by atoms with Crippen molar-refractivity contribution in [3.8, 4) is 0 Å². The van der Waals surface area contributed by atoms with Crippen LogP contribution in [0, 0.1) is 5.92 Å². The molecule has 0 fully saturated rings. The summed E-state index contributed by atoms with van der Waals surface area (Å²) in [7, 11) is 0. The van der Waals surface area contributed by atoms with Crippen LogP contribution in [0.1, 0.15) is 50.8 Å². The predicted molar refractivity (Wildman–Crippen MR) is 79.3 cm³/mol. The van der Waals surface area contributed by atoms with Crippen LogP contribution in [0.2, 0.25) is 0 Å². The van der Waals surface area contributed by atoms with Crippen molar-refractivity contribution in [2.45, 2.75) is 46.1 Å². The first-order valence-electron chi connectivity index (χ1n) is 7.28. The van der Waals surface area contributed by atoms with E-state index < -0.39 is 0 Å². The summed E-state index contributed by atoms with van der Waals surface area (Å²) in [6.07, 6.45) is 2.60. The Morgan fingerprint density at radius 2 is 2.11 bits per heavy atom. The van der Waals surface area contributed by atoms with E-state index in [1.807, 2.05) is 6.07 Å². The van der Waals surface area contributed by atoms with Gasteiger partial charge in [0, 0.05) is 18.2 Å². The molecular formula is C16H24N2O. The smallest absolute Gasteiger partial charge is 0.224 e. The number of anilines is 1. The molecule has 0 radical (unpaired) electrons. The second-order valence-corrected chi connectivity index (χ2v) is 5.64. The lowest BCUT2D eigenvalue weighted by Gasteiger charge is -2.25. The largest absolute Gasteiger partial charge is 0.326 e. The van der Waals surface area contributed by atoms with Gasteiger partial charge in [-0.2, -0.15) is 0 Å². The Balaban J connectivity index is 2.21. The van der Waals surface area contributed by atoms with Crippen LogP contribution >= 0.6 is 0 Å². The highest BCUT2D eigenvalue weighted by Gasteiger charge is 2.19. The molecule has 1 aromatic carbocycles. The van der Waals surface area contributed by atoms with Crippen molar-refractivity contribution in [1.29, 1.82) is 0 Å². The van der Waals surface area contributed by atoms with Gasteiger partial charge in [0.1, 0.15) is 0 Å². The van der Waals surface area contributed by atoms with Crippen LogP contribution in [0.5, 0.6) is 0 Å². The highest BCUT2D eigenvalue weighted by Crippen LogP contribution is 2.29. The minimum absolute atomic E-state index is 0.129. The van der Waals surface area contributed by atoms with E-state index in [1.165, 1.54) is 11.1 Å². The SMILES string of the molecule is CCCNC(c1ccc2c(c1)CCC(=O)N2)C(C)C. The van der Waals surface area contributed by atoms with Crippen LogP contribution in [0.4, 0.5) is 5.69 Å². The second-order valence-electron chi connectivity index (χ2n) is 5.64. The fraction of sp³-hybridized carbons (Fsp3) is 0.562. The van der Waals surface area contributed by atoms with Crippen LogP contribution in [0.15, 0.2) is 18.2 Å². The van der Waals surface area contributed by atoms with Crippen LogP contribution in [-0.4, -0.2) is 12.5 Å². The third-order valence-electron chi connectivity index (χ3n) is 3.66. The number of rotatable bonds is 5. The molecule has 1 aliphatic heterocycles. The van der Waals surface area contributed by atoms with Crippen molar-refractivity contribution in [1.82, 2.24) is 5.32 Å². The van der Waals surface area contributed by atoms with E-state index in [4.69, 9.17) is 0 Å². The summed E-state index contributed by atoms with van der Waals surface area (Å²) in [5.74, 6) is 0.688. The van der Waals surface area contributed by atoms with E-state index in [-0.39, 0.29) is 5.91 Å². The van der Waals surface area contributed by atoms with Gasteiger partial charge in [-0.15, -0.1) is 0 Å². The van der Waals surface area contributed by atoms with Crippen LogP contribution in [0.3, 0.4) is 0 Å². The average Bonchev–Trinajstić information content (AvgIpc) is 2.39. The van der Waals surface area contributed by atoms with Gasteiger partial charge in [0.2, 0.25) is 5.91 Å². The van der Waals surface area contributed by atoms with Gasteiger partial charge < -0.3 is 10.6 Å². The first-order valence-corrected chi connectivity index (χ1v) is 7.28. The van der Waals surface area contributed by atoms with Gasteiger partial charge in [-0.1, -0.05) is 32.9 Å². The molecule has 0 saturated heterocycles. The minimum atomic E-state index is 0.129. The van der Waals surface area contributed by atoms with E-state index in [2.05, 4.69) is 43.5 Å². The van der Waals surface area contributed by atoms with E-state index in [0.717, 1.165) is 25.1 Å². The number of hydrogen-bond donors (Lipinski definition) is 2. The number of fused-ring (bicyclic) bond motifs is 1. The molecule has 1 atom stereocenters. The molecule has 2 N–H and O–H groups in total. The zero-order chi connectivity index (χ0) is 13.8. The summed E-state index contributed by atoms with van der Waals surface area (Å²) in [6, 6.07) is 6.83. The number of aryl methyl sites for hydroxylation is 1. The lowest BCUT2D eigenvalue weighted by molar-refractivity contribution is -0.116. The summed E-state index contributed by atoms with van der Waals surface area (Å²) in [4.78, 5) is 11.4. The van der Waals surface area contributed by atoms with Crippen molar-refractivity contribution in [3.63, 3.8) is 0 Å². The number of amides is 1. The molecule has 1 unspecified atom stereocenters. The summed E-state index contributed by atoms with van der Waals surface area (Å²) < 4.78 is 0. The molecule has 1 heterocycles. The summed E-state index contributed by atoms with van der Waals surface area (Å²) in [5, 5.41) is 6.55. The standard InChI is InChI=1S/C16H24N2O/c1-4-9-17-16(11(2)3)13-5-7-14-12(10-13)6-8-15(19)18-14/h5,7,10-11,16-17H,4,6,8-9H2,1-3H3,(H,18,19). The van der Waals surface area contributed by atoms with Crippen molar-refractivity contribution < 1.29 is 4.79 Å². The lowest BCUT2D eigenvalue weighted by atomic mass is 9.92. The number of hydrogen-bond acceptors (Lipinski definition) is 2. The minimum Gasteiger partial charge on any atom is -0.326 e. The number of benzene rings is 1. The number of nitrogens with one attached hydrogen (secondary N) is 2. The molecule has 0 spiro atoms. The number of carbonyl (C=O) groups is 1.